The van der Waals surface area contributed by atoms with E-state index in [2.05, 4.69) is 9.97 Å². The van der Waals surface area contributed by atoms with Crippen LogP contribution in [0.2, 0.25) is 0 Å². The zero-order valence-electron chi connectivity index (χ0n) is 13.6. The van der Waals surface area contributed by atoms with Gasteiger partial charge < -0.3 is 15.3 Å². The van der Waals surface area contributed by atoms with Gasteiger partial charge in [0.2, 0.25) is 5.91 Å². The van der Waals surface area contributed by atoms with E-state index in [1.807, 2.05) is 18.3 Å². The van der Waals surface area contributed by atoms with Crippen LogP contribution in [0.4, 0.5) is 0 Å². The highest BCUT2D eigenvalue weighted by atomic mass is 16.1. The number of aromatic amines is 1. The average molecular weight is 334 g/mol. The lowest BCUT2D eigenvalue weighted by molar-refractivity contribution is -0.113. The maximum Gasteiger partial charge on any atom is 0.250 e. The van der Waals surface area contributed by atoms with E-state index in [1.165, 1.54) is 18.9 Å². The summed E-state index contributed by atoms with van der Waals surface area (Å²) < 4.78 is 1.78. The predicted molar refractivity (Wildman–Crippen MR) is 96.7 cm³/mol. The molecule has 0 aliphatic heterocycles. The minimum absolute atomic E-state index is 0.0245. The molecule has 0 radical (unpaired) electrons. The van der Waals surface area contributed by atoms with E-state index in [1.54, 1.807) is 29.1 Å². The van der Waals surface area contributed by atoms with Crippen molar-refractivity contribution < 1.29 is 4.79 Å². The molecule has 0 saturated heterocycles. The summed E-state index contributed by atoms with van der Waals surface area (Å²) in [6, 6.07) is 5.42. The van der Waals surface area contributed by atoms with E-state index in [9.17, 15) is 9.59 Å². The highest BCUT2D eigenvalue weighted by Gasteiger charge is 2.22. The minimum Gasteiger partial charge on any atom is -0.366 e. The van der Waals surface area contributed by atoms with Crippen molar-refractivity contribution in [1.82, 2.24) is 14.5 Å². The summed E-state index contributed by atoms with van der Waals surface area (Å²) in [5.41, 5.74) is 8.63. The van der Waals surface area contributed by atoms with Crippen LogP contribution in [-0.2, 0) is 11.3 Å². The smallest absolute Gasteiger partial charge is 0.250 e. The van der Waals surface area contributed by atoms with Crippen LogP contribution < -0.4 is 11.3 Å². The first-order valence-corrected chi connectivity index (χ1v) is 8.25. The molecule has 3 aromatic heterocycles. The molecular formula is C19H18N4O2. The summed E-state index contributed by atoms with van der Waals surface area (Å²) in [6.07, 6.45) is 10.9. The van der Waals surface area contributed by atoms with Crippen LogP contribution in [0.25, 0.3) is 28.2 Å². The number of amides is 1. The molecule has 0 unspecified atom stereocenters. The van der Waals surface area contributed by atoms with E-state index in [4.69, 9.17) is 5.73 Å². The second-order valence-electron chi connectivity index (χ2n) is 6.45. The Balaban J connectivity index is 1.74. The molecule has 3 heterocycles. The zero-order valence-corrected chi connectivity index (χ0v) is 13.6. The van der Waals surface area contributed by atoms with Gasteiger partial charge >= 0.3 is 0 Å². The minimum atomic E-state index is -0.495. The molecule has 3 N–H and O–H groups in total. The topological polar surface area (TPSA) is 93.8 Å². The van der Waals surface area contributed by atoms with Crippen molar-refractivity contribution in [2.45, 2.75) is 19.4 Å². The fourth-order valence-electron chi connectivity index (χ4n) is 2.91. The van der Waals surface area contributed by atoms with E-state index in [0.29, 0.717) is 5.92 Å². The van der Waals surface area contributed by atoms with Gasteiger partial charge in [0, 0.05) is 53.8 Å². The Bertz CT molecular complexity index is 1040. The van der Waals surface area contributed by atoms with Gasteiger partial charge in [-0.05, 0) is 42.5 Å². The molecule has 6 heteroatoms. The van der Waals surface area contributed by atoms with E-state index >= 15 is 0 Å². The lowest BCUT2D eigenvalue weighted by Gasteiger charge is -2.08. The summed E-state index contributed by atoms with van der Waals surface area (Å²) >= 11 is 0. The first-order chi connectivity index (χ1) is 12.1. The van der Waals surface area contributed by atoms with Crippen LogP contribution in [0.3, 0.4) is 0 Å². The molecule has 1 amide bonds. The van der Waals surface area contributed by atoms with Gasteiger partial charge in [0.1, 0.15) is 5.65 Å². The number of hydrogen-bond donors (Lipinski definition) is 2. The molecule has 0 spiro atoms. The number of nitrogens with two attached hydrogens (primary N) is 1. The Hall–Kier alpha value is -3.15. The molecule has 0 bridgehead atoms. The molecule has 1 fully saturated rings. The highest BCUT2D eigenvalue weighted by Crippen LogP contribution is 2.30. The number of rotatable bonds is 5. The number of aromatic nitrogens is 3. The van der Waals surface area contributed by atoms with Gasteiger partial charge in [-0.3, -0.25) is 9.59 Å². The molecule has 4 rings (SSSR count). The quantitative estimate of drug-likeness (QED) is 0.701. The number of nitrogens with one attached hydrogen (secondary N) is 1. The Morgan fingerprint density at radius 1 is 1.36 bits per heavy atom. The highest BCUT2D eigenvalue weighted by molar-refractivity contribution is 5.95. The summed E-state index contributed by atoms with van der Waals surface area (Å²) in [5.74, 6) is 0.134. The van der Waals surface area contributed by atoms with Crippen LogP contribution in [0.1, 0.15) is 18.4 Å². The monoisotopic (exact) mass is 334 g/mol. The zero-order chi connectivity index (χ0) is 17.4. The lowest BCUT2D eigenvalue weighted by atomic mass is 10.1. The normalized spacial score (nSPS) is 14.4. The van der Waals surface area contributed by atoms with Crippen molar-refractivity contribution in [2.24, 2.45) is 11.7 Å². The third-order valence-electron chi connectivity index (χ3n) is 4.46. The van der Waals surface area contributed by atoms with Gasteiger partial charge in [-0.1, -0.05) is 0 Å². The Morgan fingerprint density at radius 3 is 2.96 bits per heavy atom. The van der Waals surface area contributed by atoms with E-state index in [0.717, 1.165) is 34.3 Å². The van der Waals surface area contributed by atoms with Crippen molar-refractivity contribution in [3.8, 4) is 11.1 Å². The molecule has 6 nitrogen and oxygen atoms in total. The number of H-pyrrole nitrogens is 1. The van der Waals surface area contributed by atoms with Crippen LogP contribution in [-0.4, -0.2) is 20.4 Å². The number of carbonyl (C=O) groups excluding carboxylic acids is 1. The third-order valence-corrected chi connectivity index (χ3v) is 4.46. The maximum absolute atomic E-state index is 12.0. The summed E-state index contributed by atoms with van der Waals surface area (Å²) in [4.78, 5) is 30.5. The largest absolute Gasteiger partial charge is 0.366 e. The van der Waals surface area contributed by atoms with Crippen LogP contribution in [0, 0.1) is 5.92 Å². The van der Waals surface area contributed by atoms with Crippen molar-refractivity contribution in [3.05, 3.63) is 58.8 Å². The second-order valence-corrected chi connectivity index (χ2v) is 6.45. The number of fused-ring (bicyclic) bond motifs is 1. The van der Waals surface area contributed by atoms with Crippen LogP contribution >= 0.6 is 0 Å². The van der Waals surface area contributed by atoms with Gasteiger partial charge in [-0.15, -0.1) is 0 Å². The van der Waals surface area contributed by atoms with E-state index < -0.39 is 5.91 Å². The maximum atomic E-state index is 12.0. The first-order valence-electron chi connectivity index (χ1n) is 8.25. The molecule has 25 heavy (non-hydrogen) atoms. The first kappa shape index (κ1) is 15.4. The number of hydrogen-bond acceptors (Lipinski definition) is 3. The van der Waals surface area contributed by atoms with Gasteiger partial charge in [0.05, 0.1) is 0 Å². The summed E-state index contributed by atoms with van der Waals surface area (Å²) in [6.45, 7) is 0.777. The molecule has 1 saturated carbocycles. The van der Waals surface area contributed by atoms with Crippen molar-refractivity contribution >= 4 is 23.0 Å². The molecule has 126 valence electrons. The summed E-state index contributed by atoms with van der Waals surface area (Å²) in [5, 5.41) is 0.898. The van der Waals surface area contributed by atoms with Gasteiger partial charge in [0.25, 0.3) is 5.56 Å². The van der Waals surface area contributed by atoms with Crippen molar-refractivity contribution in [1.29, 1.82) is 0 Å². The van der Waals surface area contributed by atoms with E-state index in [-0.39, 0.29) is 5.56 Å². The van der Waals surface area contributed by atoms with Gasteiger partial charge in [-0.25, -0.2) is 4.98 Å². The number of carbonyl (C=O) groups is 1. The molecule has 3 aromatic rings. The predicted octanol–water partition coefficient (Wildman–Crippen LogP) is 2.30. The average Bonchev–Trinajstić information content (AvgIpc) is 3.32. The standard InChI is InChI=1S/C19H18N4O2/c20-17(24)5-3-13-8-21-19-16(13)7-15(9-22-19)14-4-6-18(25)23(11-14)10-12-1-2-12/h3-9,11-12H,1-2,10H2,(H2,20,24)(H,21,22)/b5-3+. The number of nitrogens with zero attached hydrogens (tertiary/aromatic N) is 2. The van der Waals surface area contributed by atoms with Crippen LogP contribution in [0.5, 0.6) is 0 Å². The molecule has 0 aromatic carbocycles. The SMILES string of the molecule is NC(=O)/C=C/c1c[nH]c2ncc(-c3ccc(=O)n(CC4CC4)c3)cc12. The molecule has 0 atom stereocenters. The van der Waals surface area contributed by atoms with Crippen molar-refractivity contribution in [2.75, 3.05) is 0 Å². The fourth-order valence-corrected chi connectivity index (χ4v) is 2.91. The lowest BCUT2D eigenvalue weighted by Crippen LogP contribution is -2.19. The van der Waals surface area contributed by atoms with Gasteiger partial charge in [0.15, 0.2) is 0 Å². The molecule has 1 aliphatic rings. The second kappa shape index (κ2) is 6.05. The Labute approximate surface area is 144 Å². The molecular weight excluding hydrogens is 316 g/mol. The van der Waals surface area contributed by atoms with Crippen LogP contribution in [0.15, 0.2) is 47.7 Å². The Morgan fingerprint density at radius 2 is 2.20 bits per heavy atom. The fraction of sp³-hybridized carbons (Fsp3) is 0.211. The molecule has 1 aliphatic carbocycles. The Kier molecular flexibility index (Phi) is 3.72. The van der Waals surface area contributed by atoms with Crippen molar-refractivity contribution in [3.63, 3.8) is 0 Å². The number of primary amides is 1. The third kappa shape index (κ3) is 3.24. The summed E-state index contributed by atoms with van der Waals surface area (Å²) in [7, 11) is 0. The van der Waals surface area contributed by atoms with Gasteiger partial charge in [-0.2, -0.15) is 0 Å². The number of pyridine rings is 2.